The summed E-state index contributed by atoms with van der Waals surface area (Å²) in [5.41, 5.74) is 6.90. The summed E-state index contributed by atoms with van der Waals surface area (Å²) in [4.78, 5) is 23.0. The Labute approximate surface area is 131 Å². The minimum Gasteiger partial charge on any atom is -0.492 e. The van der Waals surface area contributed by atoms with Gasteiger partial charge < -0.3 is 21.1 Å². The number of Topliss-reactive ketones (excluding diaryl/α,β-unsaturated/α-hetero) is 1. The van der Waals surface area contributed by atoms with Crippen LogP contribution in [0.25, 0.3) is 0 Å². The summed E-state index contributed by atoms with van der Waals surface area (Å²) >= 11 is 0. The van der Waals surface area contributed by atoms with E-state index in [2.05, 4.69) is 10.6 Å². The Morgan fingerprint density at radius 1 is 1.32 bits per heavy atom. The molecule has 6 heteroatoms. The lowest BCUT2D eigenvalue weighted by Crippen LogP contribution is -2.36. The first-order valence-corrected chi connectivity index (χ1v) is 7.50. The topological polar surface area (TPSA) is 93.5 Å². The predicted octanol–water partition coefficient (Wildman–Crippen LogP) is 1.35. The lowest BCUT2D eigenvalue weighted by molar-refractivity contribution is -0.118. The van der Waals surface area contributed by atoms with Gasteiger partial charge in [0.25, 0.3) is 0 Å². The van der Waals surface area contributed by atoms with Crippen molar-refractivity contribution in [2.24, 2.45) is 0 Å². The number of carbonyl (C=O) groups is 2. The van der Waals surface area contributed by atoms with Crippen LogP contribution < -0.4 is 21.1 Å². The number of rotatable bonds is 9. The number of benzene rings is 1. The zero-order valence-corrected chi connectivity index (χ0v) is 13.4. The maximum atomic E-state index is 12.3. The van der Waals surface area contributed by atoms with E-state index in [9.17, 15) is 9.59 Å². The van der Waals surface area contributed by atoms with Crippen LogP contribution in [0.4, 0.5) is 5.69 Å². The van der Waals surface area contributed by atoms with Crippen LogP contribution >= 0.6 is 0 Å². The van der Waals surface area contributed by atoms with Crippen molar-refractivity contribution in [3.8, 4) is 5.75 Å². The third-order valence-corrected chi connectivity index (χ3v) is 3.17. The van der Waals surface area contributed by atoms with Crippen molar-refractivity contribution in [3.05, 3.63) is 23.8 Å². The van der Waals surface area contributed by atoms with E-state index >= 15 is 0 Å². The fourth-order valence-corrected chi connectivity index (χ4v) is 2.00. The van der Waals surface area contributed by atoms with Crippen LogP contribution in [0.2, 0.25) is 0 Å². The van der Waals surface area contributed by atoms with Gasteiger partial charge in [-0.15, -0.1) is 0 Å². The van der Waals surface area contributed by atoms with Gasteiger partial charge in [-0.2, -0.15) is 0 Å². The molecule has 0 aromatic heterocycles. The number of nitrogen functional groups attached to an aromatic ring is 1. The Kier molecular flexibility index (Phi) is 7.39. The highest BCUT2D eigenvalue weighted by atomic mass is 16.5. The molecule has 1 rings (SSSR count). The van der Waals surface area contributed by atoms with E-state index in [1.165, 1.54) is 6.92 Å². The maximum absolute atomic E-state index is 12.3. The molecule has 0 saturated heterocycles. The zero-order valence-electron chi connectivity index (χ0n) is 13.4. The number of nitrogens with one attached hydrogen (secondary N) is 2. The quantitative estimate of drug-likeness (QED) is 0.364. The molecule has 1 atom stereocenters. The fraction of sp³-hybridized carbons (Fsp3) is 0.500. The molecular formula is C16H25N3O3. The molecule has 1 unspecified atom stereocenters. The molecule has 0 aliphatic rings. The number of amides is 1. The summed E-state index contributed by atoms with van der Waals surface area (Å²) in [6.07, 6.45) is 0.766. The third kappa shape index (κ3) is 5.73. The molecule has 4 N–H and O–H groups in total. The Bertz CT molecular complexity index is 517. The first-order chi connectivity index (χ1) is 10.5. The molecule has 0 saturated carbocycles. The first-order valence-electron chi connectivity index (χ1n) is 7.50. The van der Waals surface area contributed by atoms with Gasteiger partial charge in [0.05, 0.1) is 18.3 Å². The molecule has 122 valence electrons. The minimum absolute atomic E-state index is 0.0192. The molecule has 22 heavy (non-hydrogen) atoms. The van der Waals surface area contributed by atoms with Gasteiger partial charge >= 0.3 is 0 Å². The highest BCUT2D eigenvalue weighted by Gasteiger charge is 2.15. The largest absolute Gasteiger partial charge is 0.492 e. The fourth-order valence-electron chi connectivity index (χ4n) is 2.00. The highest BCUT2D eigenvalue weighted by molar-refractivity contribution is 6.00. The normalized spacial score (nSPS) is 11.8. The zero-order chi connectivity index (χ0) is 16.5. The Hall–Kier alpha value is -2.08. The van der Waals surface area contributed by atoms with Crippen LogP contribution in [0.5, 0.6) is 5.75 Å². The number of hydrogen-bond donors (Lipinski definition) is 3. The number of nitrogens with two attached hydrogens (primary N) is 1. The molecule has 1 aromatic rings. The second-order valence-electron chi connectivity index (χ2n) is 5.06. The van der Waals surface area contributed by atoms with E-state index < -0.39 is 0 Å². The average molecular weight is 307 g/mol. The number of ketones is 1. The summed E-state index contributed by atoms with van der Waals surface area (Å²) in [7, 11) is 0. The van der Waals surface area contributed by atoms with E-state index in [4.69, 9.17) is 10.5 Å². The van der Waals surface area contributed by atoms with Crippen LogP contribution in [0.1, 0.15) is 37.6 Å². The Morgan fingerprint density at radius 3 is 2.64 bits per heavy atom. The van der Waals surface area contributed by atoms with Crippen molar-refractivity contribution >= 4 is 17.4 Å². The molecule has 6 nitrogen and oxygen atoms in total. The van der Waals surface area contributed by atoms with Crippen LogP contribution in [-0.2, 0) is 4.79 Å². The van der Waals surface area contributed by atoms with Gasteiger partial charge in [-0.1, -0.05) is 0 Å². The van der Waals surface area contributed by atoms with Crippen molar-refractivity contribution in [2.75, 3.05) is 25.4 Å². The molecule has 0 heterocycles. The number of ether oxygens (including phenoxy) is 1. The number of anilines is 1. The van der Waals surface area contributed by atoms with Gasteiger partial charge in [0.2, 0.25) is 5.91 Å². The predicted molar refractivity (Wildman–Crippen MR) is 87.1 cm³/mol. The summed E-state index contributed by atoms with van der Waals surface area (Å²) in [6.45, 7) is 6.96. The standard InChI is InChI=1S/C16H25N3O3/c1-4-22-15-7-6-13(10-14(15)17)16(21)11(2)18-8-5-9-19-12(3)20/h6-7,10-11,18H,4-5,8-9,17H2,1-3H3,(H,19,20). The van der Waals surface area contributed by atoms with Crippen molar-refractivity contribution in [3.63, 3.8) is 0 Å². The van der Waals surface area contributed by atoms with Crippen molar-refractivity contribution in [1.82, 2.24) is 10.6 Å². The van der Waals surface area contributed by atoms with Crippen molar-refractivity contribution < 1.29 is 14.3 Å². The Balaban J connectivity index is 2.49. The molecule has 0 fully saturated rings. The summed E-state index contributed by atoms with van der Waals surface area (Å²) < 4.78 is 5.36. The lowest BCUT2D eigenvalue weighted by atomic mass is 10.0. The van der Waals surface area contributed by atoms with E-state index in [1.54, 1.807) is 18.2 Å². The van der Waals surface area contributed by atoms with Gasteiger partial charge in [0, 0.05) is 19.0 Å². The molecule has 0 spiro atoms. The van der Waals surface area contributed by atoms with Gasteiger partial charge in [0.1, 0.15) is 5.75 Å². The minimum atomic E-state index is -0.310. The summed E-state index contributed by atoms with van der Waals surface area (Å²) in [5, 5.41) is 5.85. The molecule has 0 radical (unpaired) electrons. The molecule has 0 aliphatic carbocycles. The van der Waals surface area contributed by atoms with Gasteiger partial charge in [0.15, 0.2) is 5.78 Å². The third-order valence-electron chi connectivity index (χ3n) is 3.17. The van der Waals surface area contributed by atoms with Crippen LogP contribution in [0.3, 0.4) is 0 Å². The average Bonchev–Trinajstić information content (AvgIpc) is 2.48. The molecular weight excluding hydrogens is 282 g/mol. The van der Waals surface area contributed by atoms with E-state index in [-0.39, 0.29) is 17.7 Å². The smallest absolute Gasteiger partial charge is 0.216 e. The maximum Gasteiger partial charge on any atom is 0.216 e. The van der Waals surface area contributed by atoms with Crippen LogP contribution in [0.15, 0.2) is 18.2 Å². The number of carbonyl (C=O) groups excluding carboxylic acids is 2. The SMILES string of the molecule is CCOc1ccc(C(=O)C(C)NCCCNC(C)=O)cc1N. The van der Waals surface area contributed by atoms with Gasteiger partial charge in [-0.25, -0.2) is 0 Å². The summed E-state index contributed by atoms with van der Waals surface area (Å²) in [6, 6.07) is 4.77. The van der Waals surface area contributed by atoms with Gasteiger partial charge in [-0.3, -0.25) is 9.59 Å². The molecule has 1 aromatic carbocycles. The summed E-state index contributed by atoms with van der Waals surface area (Å²) in [5.74, 6) is 0.526. The van der Waals surface area contributed by atoms with Crippen LogP contribution in [0, 0.1) is 0 Å². The Morgan fingerprint density at radius 2 is 2.05 bits per heavy atom. The monoisotopic (exact) mass is 307 g/mol. The van der Waals surface area contributed by atoms with Crippen LogP contribution in [-0.4, -0.2) is 37.4 Å². The lowest BCUT2D eigenvalue weighted by Gasteiger charge is -2.14. The highest BCUT2D eigenvalue weighted by Crippen LogP contribution is 2.23. The molecule has 0 aliphatic heterocycles. The van der Waals surface area contributed by atoms with E-state index in [1.807, 2.05) is 13.8 Å². The molecule has 0 bridgehead atoms. The van der Waals surface area contributed by atoms with Gasteiger partial charge in [-0.05, 0) is 45.0 Å². The van der Waals surface area contributed by atoms with Crippen molar-refractivity contribution in [2.45, 2.75) is 33.2 Å². The second kappa shape index (κ2) is 9.04. The van der Waals surface area contributed by atoms with E-state index in [0.717, 1.165) is 6.42 Å². The molecule has 1 amide bonds. The van der Waals surface area contributed by atoms with E-state index in [0.29, 0.717) is 36.7 Å². The number of hydrogen-bond acceptors (Lipinski definition) is 5. The first kappa shape index (κ1) is 18.0. The second-order valence-corrected chi connectivity index (χ2v) is 5.06. The van der Waals surface area contributed by atoms with Crippen molar-refractivity contribution in [1.29, 1.82) is 0 Å².